The van der Waals surface area contributed by atoms with E-state index in [2.05, 4.69) is 5.43 Å². The Bertz CT molecular complexity index is 2160. The lowest BCUT2D eigenvalue weighted by Crippen LogP contribution is -2.53. The molecule has 4 aliphatic rings. The fourth-order valence-electron chi connectivity index (χ4n) is 9.19. The van der Waals surface area contributed by atoms with Crippen LogP contribution in [0.4, 0.5) is 10.1 Å². The molecule has 0 spiro atoms. The van der Waals surface area contributed by atoms with Gasteiger partial charge in [-0.15, -0.1) is 0 Å². The lowest BCUT2D eigenvalue weighted by Gasteiger charge is -2.50. The number of aliphatic hydroxyl groups excluding tert-OH is 1. The number of phenolic OH excluding ortho intramolecular Hbond substituents is 1. The molecule has 10 nitrogen and oxygen atoms in total. The van der Waals surface area contributed by atoms with E-state index in [0.29, 0.717) is 34.0 Å². The van der Waals surface area contributed by atoms with Crippen molar-refractivity contribution in [2.24, 2.45) is 23.7 Å². The second-order valence-corrected chi connectivity index (χ2v) is 14.7. The minimum absolute atomic E-state index is 0.0254. The summed E-state index contributed by atoms with van der Waals surface area (Å²) in [4.78, 5) is 59.9. The number of anilines is 1. The van der Waals surface area contributed by atoms with Gasteiger partial charge in [-0.2, -0.15) is 5.01 Å². The highest BCUT2D eigenvalue weighted by Gasteiger charge is 2.70. The van der Waals surface area contributed by atoms with Crippen LogP contribution in [0.3, 0.4) is 0 Å². The number of carbonyl (C=O) groups is 4. The molecule has 54 heavy (non-hydrogen) atoms. The second-order valence-electron chi connectivity index (χ2n) is 14.2. The van der Waals surface area contributed by atoms with Gasteiger partial charge in [0.2, 0.25) is 11.8 Å². The van der Waals surface area contributed by atoms with E-state index in [-0.39, 0.29) is 50.2 Å². The number of fused-ring (bicyclic) bond motifs is 4. The molecular formula is C42H37ClFN3O7. The molecule has 1 saturated carbocycles. The Balaban J connectivity index is 1.27. The Kier molecular flexibility index (Phi) is 9.23. The number of hydrogen-bond acceptors (Lipinski definition) is 8. The van der Waals surface area contributed by atoms with Gasteiger partial charge in [0.05, 0.1) is 35.5 Å². The number of imide groups is 2. The normalized spacial score (nSPS) is 26.0. The molecule has 8 rings (SSSR count). The van der Waals surface area contributed by atoms with Gasteiger partial charge in [0.1, 0.15) is 23.9 Å². The van der Waals surface area contributed by atoms with Crippen molar-refractivity contribution in [2.75, 3.05) is 25.2 Å². The minimum Gasteiger partial charge on any atom is -0.508 e. The topological polar surface area (TPSA) is 136 Å². The molecule has 4 amide bonds. The predicted molar refractivity (Wildman–Crippen MR) is 197 cm³/mol. The molecule has 2 heterocycles. The Labute approximate surface area is 315 Å². The zero-order valence-electron chi connectivity index (χ0n) is 29.0. The number of nitrogens with zero attached hydrogens (tertiary/aromatic N) is 2. The van der Waals surface area contributed by atoms with E-state index in [0.717, 1.165) is 16.1 Å². The van der Waals surface area contributed by atoms with Gasteiger partial charge in [-0.1, -0.05) is 65.7 Å². The number of amides is 4. The summed E-state index contributed by atoms with van der Waals surface area (Å²) in [7, 11) is 0. The molecule has 2 aliphatic heterocycles. The van der Waals surface area contributed by atoms with E-state index < -0.39 is 52.6 Å². The zero-order valence-corrected chi connectivity index (χ0v) is 29.8. The standard InChI is InChI=1S/C42H37ClFN3O7/c43-26-9-7-25(8-10-26)42-34(39(51)47(41(42)53)45-28-13-11-27(44)12-14-28)23-33-30(37(42)31-3-1-2-4-35(31)54-22-21-48)17-18-32-36(33)40(52)46(38(32)50)20-19-24-5-15-29(49)16-6-24/h1-17,32-34,36-37,45,48-49H,18-23H2. The van der Waals surface area contributed by atoms with Crippen LogP contribution in [-0.2, 0) is 31.0 Å². The molecule has 0 aromatic heterocycles. The van der Waals surface area contributed by atoms with Crippen LogP contribution in [-0.4, -0.2) is 63.5 Å². The van der Waals surface area contributed by atoms with Crippen molar-refractivity contribution < 1.29 is 38.5 Å². The van der Waals surface area contributed by atoms with Gasteiger partial charge in [0.25, 0.3) is 11.8 Å². The number of aliphatic hydroxyl groups is 1. The summed E-state index contributed by atoms with van der Waals surface area (Å²) in [5.41, 5.74) is 4.45. The van der Waals surface area contributed by atoms with Crippen LogP contribution in [0.25, 0.3) is 0 Å². The maximum atomic E-state index is 15.3. The smallest absolute Gasteiger partial charge is 0.260 e. The van der Waals surface area contributed by atoms with Crippen LogP contribution in [0, 0.1) is 29.5 Å². The van der Waals surface area contributed by atoms with E-state index in [4.69, 9.17) is 16.3 Å². The van der Waals surface area contributed by atoms with E-state index in [1.807, 2.05) is 18.2 Å². The third-order valence-corrected chi connectivity index (χ3v) is 11.7. The van der Waals surface area contributed by atoms with Crippen molar-refractivity contribution >= 4 is 40.9 Å². The highest BCUT2D eigenvalue weighted by Crippen LogP contribution is 2.65. The molecule has 3 N–H and O–H groups in total. The molecule has 2 saturated heterocycles. The molecule has 6 unspecified atom stereocenters. The van der Waals surface area contributed by atoms with Crippen LogP contribution < -0.4 is 10.2 Å². The van der Waals surface area contributed by atoms with Gasteiger partial charge in [-0.25, -0.2) is 4.39 Å². The Hall–Kier alpha value is -5.52. The van der Waals surface area contributed by atoms with Gasteiger partial charge in [0.15, 0.2) is 0 Å². The number of hydrogen-bond donors (Lipinski definition) is 3. The van der Waals surface area contributed by atoms with E-state index in [1.54, 1.807) is 60.7 Å². The van der Waals surface area contributed by atoms with Crippen molar-refractivity contribution in [3.63, 3.8) is 0 Å². The monoisotopic (exact) mass is 749 g/mol. The quantitative estimate of drug-likeness (QED) is 0.137. The predicted octanol–water partition coefficient (Wildman–Crippen LogP) is 5.78. The summed E-state index contributed by atoms with van der Waals surface area (Å²) in [6, 6.07) is 25.9. The molecule has 0 bridgehead atoms. The summed E-state index contributed by atoms with van der Waals surface area (Å²) in [5.74, 6) is -5.47. The van der Waals surface area contributed by atoms with Gasteiger partial charge in [0, 0.05) is 23.0 Å². The van der Waals surface area contributed by atoms with Crippen molar-refractivity contribution in [1.29, 1.82) is 0 Å². The van der Waals surface area contributed by atoms with Crippen LogP contribution in [0.15, 0.2) is 109 Å². The van der Waals surface area contributed by atoms with E-state index >= 15 is 4.79 Å². The average Bonchev–Trinajstić information content (AvgIpc) is 3.55. The minimum atomic E-state index is -1.56. The molecule has 4 aromatic carbocycles. The lowest BCUT2D eigenvalue weighted by atomic mass is 9.49. The zero-order chi connectivity index (χ0) is 37.7. The number of para-hydroxylation sites is 1. The van der Waals surface area contributed by atoms with Crippen molar-refractivity contribution in [2.45, 2.75) is 30.6 Å². The van der Waals surface area contributed by atoms with Crippen molar-refractivity contribution in [1.82, 2.24) is 9.91 Å². The molecule has 2 aliphatic carbocycles. The number of nitrogens with one attached hydrogen (secondary N) is 1. The van der Waals surface area contributed by atoms with Gasteiger partial charge >= 0.3 is 0 Å². The number of halogens is 2. The largest absolute Gasteiger partial charge is 0.508 e. The third kappa shape index (κ3) is 5.73. The number of likely N-dealkylation sites (tertiary alicyclic amines) is 1. The second kappa shape index (κ2) is 14.0. The van der Waals surface area contributed by atoms with Crippen molar-refractivity contribution in [3.05, 3.63) is 136 Å². The number of rotatable bonds is 10. The molecule has 4 aromatic rings. The maximum absolute atomic E-state index is 15.3. The summed E-state index contributed by atoms with van der Waals surface area (Å²) in [6.07, 6.45) is 2.73. The van der Waals surface area contributed by atoms with Crippen molar-refractivity contribution in [3.8, 4) is 11.5 Å². The van der Waals surface area contributed by atoms with Crippen LogP contribution >= 0.6 is 11.6 Å². The SMILES string of the molecule is O=C1C2CC=C3C(CC4C(=O)N(Nc5ccc(F)cc5)C(=O)C4(c4ccc(Cl)cc4)C3c3ccccc3OCCO)C2C(=O)N1CCc1ccc(O)cc1. The highest BCUT2D eigenvalue weighted by atomic mass is 35.5. The van der Waals surface area contributed by atoms with Gasteiger partial charge in [-0.3, -0.25) is 29.5 Å². The molecular weight excluding hydrogens is 713 g/mol. The van der Waals surface area contributed by atoms with E-state index in [9.17, 15) is 29.0 Å². The maximum Gasteiger partial charge on any atom is 0.260 e. The molecule has 6 atom stereocenters. The fraction of sp³-hybridized carbons (Fsp3) is 0.286. The van der Waals surface area contributed by atoms with Gasteiger partial charge < -0.3 is 14.9 Å². The Morgan fingerprint density at radius 3 is 2.31 bits per heavy atom. The average molecular weight is 750 g/mol. The number of hydrazine groups is 1. The molecule has 12 heteroatoms. The number of aromatic hydroxyl groups is 1. The number of phenols is 1. The first-order chi connectivity index (χ1) is 26.1. The first-order valence-corrected chi connectivity index (χ1v) is 18.3. The number of ether oxygens (including phenoxy) is 1. The molecule has 0 radical (unpaired) electrons. The first kappa shape index (κ1) is 35.5. The summed E-state index contributed by atoms with van der Waals surface area (Å²) < 4.78 is 20.0. The Morgan fingerprint density at radius 1 is 0.870 bits per heavy atom. The van der Waals surface area contributed by atoms with Crippen LogP contribution in [0.5, 0.6) is 11.5 Å². The van der Waals surface area contributed by atoms with Crippen LogP contribution in [0.2, 0.25) is 5.02 Å². The number of benzene rings is 4. The highest BCUT2D eigenvalue weighted by molar-refractivity contribution is 6.30. The fourth-order valence-corrected chi connectivity index (χ4v) is 9.32. The molecule has 3 fully saturated rings. The third-order valence-electron chi connectivity index (χ3n) is 11.5. The van der Waals surface area contributed by atoms with Gasteiger partial charge in [-0.05, 0) is 90.9 Å². The Morgan fingerprint density at radius 2 is 1.59 bits per heavy atom. The number of carbonyl (C=O) groups excluding carboxylic acids is 4. The molecule has 276 valence electrons. The summed E-state index contributed by atoms with van der Waals surface area (Å²) in [6.45, 7) is -0.130. The number of allylic oxidation sites excluding steroid dienone is 2. The first-order valence-electron chi connectivity index (χ1n) is 18.0. The summed E-state index contributed by atoms with van der Waals surface area (Å²) in [5, 5.41) is 20.9. The van der Waals surface area contributed by atoms with Crippen LogP contribution in [0.1, 0.15) is 35.4 Å². The summed E-state index contributed by atoms with van der Waals surface area (Å²) >= 11 is 6.38. The lowest BCUT2D eigenvalue weighted by molar-refractivity contribution is -0.141. The van der Waals surface area contributed by atoms with E-state index in [1.165, 1.54) is 29.2 Å².